The normalized spacial score (nSPS) is 11.3. The standard InChI is InChI=1S/C13H11F3N2OS/c14-13(15,16)9-2-1-3-10(5-9)18-6-11-4-8(7-20-11)12(17)19/h1-5,7,18H,6H2,(H2,17,19). The molecule has 2 aromatic rings. The molecule has 1 aromatic heterocycles. The lowest BCUT2D eigenvalue weighted by Gasteiger charge is -2.09. The zero-order chi connectivity index (χ0) is 14.8. The second-order valence-electron chi connectivity index (χ2n) is 4.10. The number of nitrogens with one attached hydrogen (secondary N) is 1. The molecule has 0 bridgehead atoms. The van der Waals surface area contributed by atoms with Gasteiger partial charge in [0, 0.05) is 22.5 Å². The quantitative estimate of drug-likeness (QED) is 0.908. The van der Waals surface area contributed by atoms with Crippen LogP contribution in [0.2, 0.25) is 0 Å². The Morgan fingerprint density at radius 3 is 2.65 bits per heavy atom. The Morgan fingerprint density at radius 2 is 2.05 bits per heavy atom. The Kier molecular flexibility index (Phi) is 3.99. The largest absolute Gasteiger partial charge is 0.416 e. The average Bonchev–Trinajstić information content (AvgIpc) is 2.85. The van der Waals surface area contributed by atoms with Crippen molar-refractivity contribution in [3.8, 4) is 0 Å². The highest BCUT2D eigenvalue weighted by Gasteiger charge is 2.30. The first kappa shape index (κ1) is 14.4. The van der Waals surface area contributed by atoms with E-state index < -0.39 is 17.6 Å². The van der Waals surface area contributed by atoms with Crippen molar-refractivity contribution >= 4 is 22.9 Å². The maximum atomic E-state index is 12.5. The number of primary amides is 1. The van der Waals surface area contributed by atoms with Crippen molar-refractivity contribution in [1.29, 1.82) is 0 Å². The number of hydrogen-bond acceptors (Lipinski definition) is 3. The Bertz CT molecular complexity index is 622. The zero-order valence-electron chi connectivity index (χ0n) is 10.2. The van der Waals surface area contributed by atoms with Crippen LogP contribution < -0.4 is 11.1 Å². The van der Waals surface area contributed by atoms with Crippen LogP contribution in [0.4, 0.5) is 18.9 Å². The minimum atomic E-state index is -4.36. The lowest BCUT2D eigenvalue weighted by molar-refractivity contribution is -0.137. The third-order valence-corrected chi connectivity index (χ3v) is 3.53. The van der Waals surface area contributed by atoms with E-state index in [1.165, 1.54) is 17.4 Å². The summed E-state index contributed by atoms with van der Waals surface area (Å²) < 4.78 is 37.6. The molecule has 0 saturated carbocycles. The summed E-state index contributed by atoms with van der Waals surface area (Å²) in [5.74, 6) is -0.522. The first-order valence-corrected chi connectivity index (χ1v) is 6.52. The highest BCUT2D eigenvalue weighted by Crippen LogP contribution is 2.30. The summed E-state index contributed by atoms with van der Waals surface area (Å²) in [6, 6.07) is 6.57. The lowest BCUT2D eigenvalue weighted by Crippen LogP contribution is -2.09. The number of thiophene rings is 1. The predicted molar refractivity (Wildman–Crippen MR) is 71.6 cm³/mol. The molecule has 106 valence electrons. The van der Waals surface area contributed by atoms with Crippen LogP contribution in [0.15, 0.2) is 35.7 Å². The van der Waals surface area contributed by atoms with Crippen molar-refractivity contribution in [2.75, 3.05) is 5.32 Å². The number of benzene rings is 1. The van der Waals surface area contributed by atoms with Crippen molar-refractivity contribution in [3.63, 3.8) is 0 Å². The maximum Gasteiger partial charge on any atom is 0.416 e. The van der Waals surface area contributed by atoms with Gasteiger partial charge in [-0.15, -0.1) is 11.3 Å². The monoisotopic (exact) mass is 300 g/mol. The van der Waals surface area contributed by atoms with Crippen LogP contribution in [0.3, 0.4) is 0 Å². The predicted octanol–water partition coefficient (Wildman–Crippen LogP) is 3.48. The molecule has 1 heterocycles. The molecule has 0 fully saturated rings. The molecule has 0 unspecified atom stereocenters. The van der Waals surface area contributed by atoms with E-state index in [1.54, 1.807) is 17.5 Å². The van der Waals surface area contributed by atoms with Crippen LogP contribution in [-0.2, 0) is 12.7 Å². The molecule has 0 aliphatic heterocycles. The highest BCUT2D eigenvalue weighted by atomic mass is 32.1. The number of anilines is 1. The van der Waals surface area contributed by atoms with Crippen LogP contribution in [0.1, 0.15) is 20.8 Å². The Balaban J connectivity index is 2.05. The van der Waals surface area contributed by atoms with Gasteiger partial charge >= 0.3 is 6.18 Å². The molecule has 0 radical (unpaired) electrons. The molecule has 0 aliphatic rings. The molecule has 7 heteroatoms. The first-order chi connectivity index (χ1) is 9.36. The van der Waals surface area contributed by atoms with Gasteiger partial charge in [-0.2, -0.15) is 13.2 Å². The second-order valence-corrected chi connectivity index (χ2v) is 5.09. The topological polar surface area (TPSA) is 55.1 Å². The SMILES string of the molecule is NC(=O)c1csc(CNc2cccc(C(F)(F)F)c2)c1. The fourth-order valence-corrected chi connectivity index (χ4v) is 2.41. The van der Waals surface area contributed by atoms with E-state index in [4.69, 9.17) is 5.73 Å². The van der Waals surface area contributed by atoms with Crippen molar-refractivity contribution in [3.05, 3.63) is 51.7 Å². The molecule has 0 atom stereocenters. The van der Waals surface area contributed by atoms with Gasteiger partial charge in [0.2, 0.25) is 5.91 Å². The molecular weight excluding hydrogens is 289 g/mol. The molecular formula is C13H11F3N2OS. The van der Waals surface area contributed by atoms with Gasteiger partial charge in [-0.25, -0.2) is 0 Å². The van der Waals surface area contributed by atoms with E-state index in [-0.39, 0.29) is 0 Å². The van der Waals surface area contributed by atoms with E-state index in [0.29, 0.717) is 17.8 Å². The van der Waals surface area contributed by atoms with Gasteiger partial charge in [0.05, 0.1) is 11.1 Å². The highest BCUT2D eigenvalue weighted by molar-refractivity contribution is 7.10. The summed E-state index contributed by atoms with van der Waals surface area (Å²) in [5, 5.41) is 4.50. The van der Waals surface area contributed by atoms with E-state index in [1.807, 2.05) is 0 Å². The van der Waals surface area contributed by atoms with Gasteiger partial charge in [-0.1, -0.05) is 6.07 Å². The number of halogens is 3. The van der Waals surface area contributed by atoms with E-state index in [0.717, 1.165) is 17.0 Å². The first-order valence-electron chi connectivity index (χ1n) is 5.64. The van der Waals surface area contributed by atoms with Gasteiger partial charge in [0.1, 0.15) is 0 Å². The Labute approximate surface area is 117 Å². The van der Waals surface area contributed by atoms with Crippen LogP contribution in [0, 0.1) is 0 Å². The van der Waals surface area contributed by atoms with Crippen molar-refractivity contribution in [2.24, 2.45) is 5.73 Å². The fraction of sp³-hybridized carbons (Fsp3) is 0.154. The van der Waals surface area contributed by atoms with Crippen LogP contribution in [0.25, 0.3) is 0 Å². The Morgan fingerprint density at radius 1 is 1.30 bits per heavy atom. The smallest absolute Gasteiger partial charge is 0.380 e. The summed E-state index contributed by atoms with van der Waals surface area (Å²) in [5.41, 5.74) is 5.19. The molecule has 2 rings (SSSR count). The third-order valence-electron chi connectivity index (χ3n) is 2.59. The number of carbonyl (C=O) groups is 1. The summed E-state index contributed by atoms with van der Waals surface area (Å²) in [6.07, 6.45) is -4.36. The molecule has 3 N–H and O–H groups in total. The number of amides is 1. The van der Waals surface area contributed by atoms with Crippen molar-refractivity contribution in [2.45, 2.75) is 12.7 Å². The molecule has 1 amide bonds. The van der Waals surface area contributed by atoms with Gasteiger partial charge in [-0.3, -0.25) is 4.79 Å². The Hall–Kier alpha value is -2.02. The number of rotatable bonds is 4. The molecule has 0 aliphatic carbocycles. The van der Waals surface area contributed by atoms with E-state index in [9.17, 15) is 18.0 Å². The third kappa shape index (κ3) is 3.51. The summed E-state index contributed by atoms with van der Waals surface area (Å²) in [7, 11) is 0. The molecule has 0 spiro atoms. The van der Waals surface area contributed by atoms with Crippen molar-refractivity contribution in [1.82, 2.24) is 0 Å². The fourth-order valence-electron chi connectivity index (χ4n) is 1.60. The second kappa shape index (κ2) is 5.54. The zero-order valence-corrected chi connectivity index (χ0v) is 11.0. The van der Waals surface area contributed by atoms with Gasteiger partial charge in [0.15, 0.2) is 0 Å². The molecule has 0 saturated heterocycles. The summed E-state index contributed by atoms with van der Waals surface area (Å²) in [6.45, 7) is 0.333. The van der Waals surface area contributed by atoms with Gasteiger partial charge in [-0.05, 0) is 24.3 Å². The molecule has 1 aromatic carbocycles. The van der Waals surface area contributed by atoms with E-state index in [2.05, 4.69) is 5.32 Å². The lowest BCUT2D eigenvalue weighted by atomic mass is 10.2. The number of alkyl halides is 3. The van der Waals surface area contributed by atoms with Gasteiger partial charge < -0.3 is 11.1 Å². The number of nitrogens with two attached hydrogens (primary N) is 1. The van der Waals surface area contributed by atoms with Crippen LogP contribution in [0.5, 0.6) is 0 Å². The number of hydrogen-bond donors (Lipinski definition) is 2. The minimum Gasteiger partial charge on any atom is -0.380 e. The van der Waals surface area contributed by atoms with E-state index >= 15 is 0 Å². The van der Waals surface area contributed by atoms with Crippen molar-refractivity contribution < 1.29 is 18.0 Å². The maximum absolute atomic E-state index is 12.5. The summed E-state index contributed by atoms with van der Waals surface area (Å²) >= 11 is 1.32. The van der Waals surface area contributed by atoms with Crippen LogP contribution >= 0.6 is 11.3 Å². The molecule has 3 nitrogen and oxygen atoms in total. The molecule has 20 heavy (non-hydrogen) atoms. The summed E-state index contributed by atoms with van der Waals surface area (Å²) in [4.78, 5) is 11.7. The van der Waals surface area contributed by atoms with Gasteiger partial charge in [0.25, 0.3) is 0 Å². The average molecular weight is 300 g/mol. The minimum absolute atomic E-state index is 0.333. The number of carbonyl (C=O) groups excluding carboxylic acids is 1. The van der Waals surface area contributed by atoms with Crippen LogP contribution in [-0.4, -0.2) is 5.91 Å².